The van der Waals surface area contributed by atoms with Gasteiger partial charge in [-0.3, -0.25) is 9.59 Å². The molecule has 0 aliphatic carbocycles. The number of aliphatic carboxylic acids is 2. The lowest BCUT2D eigenvalue weighted by molar-refractivity contribution is -0.170. The molecule has 1 rings (SSSR count). The van der Waals surface area contributed by atoms with E-state index in [0.717, 1.165) is 13.8 Å². The number of carboxylic acids is 2. The van der Waals surface area contributed by atoms with Crippen LogP contribution in [0.15, 0.2) is 11.3 Å². The zero-order valence-electron chi connectivity index (χ0n) is 8.44. The molecule has 0 aromatic rings. The topological polar surface area (TPSA) is 118 Å². The van der Waals surface area contributed by atoms with Crippen molar-refractivity contribution in [2.45, 2.75) is 19.4 Å². The Morgan fingerprint density at radius 3 is 2.12 bits per heavy atom. The Bertz CT molecular complexity index is 445. The Morgan fingerprint density at radius 2 is 1.75 bits per heavy atom. The van der Waals surface area contributed by atoms with Gasteiger partial charge in [-0.25, -0.2) is 9.59 Å². The number of carboxylic acid groups (broad SMARTS) is 2. The highest BCUT2D eigenvalue weighted by Gasteiger charge is 2.53. The van der Waals surface area contributed by atoms with E-state index in [2.05, 4.69) is 0 Å². The largest absolute Gasteiger partial charge is 0.478 e. The van der Waals surface area contributed by atoms with Gasteiger partial charge in [-0.2, -0.15) is 0 Å². The van der Waals surface area contributed by atoms with Gasteiger partial charge in [0.2, 0.25) is 5.78 Å². The first-order valence-corrected chi connectivity index (χ1v) is 4.17. The zero-order chi connectivity index (χ0) is 12.7. The number of carbonyl (C=O) groups excluding carboxylic acids is 2. The third-order valence-electron chi connectivity index (χ3n) is 2.20. The molecule has 1 aliphatic rings. The van der Waals surface area contributed by atoms with Crippen molar-refractivity contribution in [1.29, 1.82) is 0 Å². The number of Topliss-reactive ketones (excluding diaryl/α,β-unsaturated/α-hetero) is 2. The van der Waals surface area contributed by atoms with Gasteiger partial charge < -0.3 is 14.9 Å². The molecule has 7 heteroatoms. The van der Waals surface area contributed by atoms with Crippen LogP contribution < -0.4 is 0 Å². The Hall–Kier alpha value is -2.18. The van der Waals surface area contributed by atoms with E-state index in [1.54, 1.807) is 0 Å². The fourth-order valence-corrected chi connectivity index (χ4v) is 1.28. The maximum atomic E-state index is 11.4. The van der Waals surface area contributed by atoms with Crippen molar-refractivity contribution in [3.8, 4) is 0 Å². The molecule has 0 spiro atoms. The highest BCUT2D eigenvalue weighted by Crippen LogP contribution is 2.27. The predicted octanol–water partition coefficient (Wildman–Crippen LogP) is -0.643. The first kappa shape index (κ1) is 11.9. The molecule has 0 saturated heterocycles. The van der Waals surface area contributed by atoms with Gasteiger partial charge in [-0.15, -0.1) is 0 Å². The molecule has 0 amide bonds. The number of ether oxygens (including phenoxy) is 1. The molecule has 1 heterocycles. The molecule has 0 saturated carbocycles. The van der Waals surface area contributed by atoms with Gasteiger partial charge in [0.05, 0.1) is 0 Å². The van der Waals surface area contributed by atoms with Crippen LogP contribution in [0, 0.1) is 0 Å². The summed E-state index contributed by atoms with van der Waals surface area (Å²) in [5.41, 5.74) is -3.18. The summed E-state index contributed by atoms with van der Waals surface area (Å²) in [6, 6.07) is 0. The monoisotopic (exact) mass is 228 g/mol. The second-order valence-electron chi connectivity index (χ2n) is 3.34. The maximum Gasteiger partial charge on any atom is 0.356 e. The molecule has 0 radical (unpaired) electrons. The molecule has 0 aromatic carbocycles. The molecular formula is C9H8O7. The van der Waals surface area contributed by atoms with E-state index >= 15 is 0 Å². The fourth-order valence-electron chi connectivity index (χ4n) is 1.28. The van der Waals surface area contributed by atoms with E-state index in [9.17, 15) is 19.2 Å². The second-order valence-corrected chi connectivity index (χ2v) is 3.34. The number of hydrogen-bond donors (Lipinski definition) is 2. The third-order valence-corrected chi connectivity index (χ3v) is 2.20. The fraction of sp³-hybridized carbons (Fsp3) is 0.333. The number of hydrogen-bond acceptors (Lipinski definition) is 5. The first-order chi connectivity index (χ1) is 7.21. The predicted molar refractivity (Wildman–Crippen MR) is 47.5 cm³/mol. The Labute approximate surface area is 89.3 Å². The van der Waals surface area contributed by atoms with E-state index in [4.69, 9.17) is 14.9 Å². The highest BCUT2D eigenvalue weighted by molar-refractivity contribution is 6.54. The Balaban J connectivity index is 3.37. The van der Waals surface area contributed by atoms with Gasteiger partial charge >= 0.3 is 11.9 Å². The summed E-state index contributed by atoms with van der Waals surface area (Å²) in [4.78, 5) is 44.2. The van der Waals surface area contributed by atoms with E-state index in [1.807, 2.05) is 0 Å². The molecule has 0 aromatic heterocycles. The first-order valence-electron chi connectivity index (χ1n) is 4.17. The summed E-state index contributed by atoms with van der Waals surface area (Å²) in [6.45, 7) is 2.02. The quantitative estimate of drug-likeness (QED) is 0.366. The van der Waals surface area contributed by atoms with Crippen LogP contribution in [0.5, 0.6) is 0 Å². The molecule has 1 atom stereocenters. The van der Waals surface area contributed by atoms with Crippen molar-refractivity contribution in [3.63, 3.8) is 0 Å². The van der Waals surface area contributed by atoms with E-state index in [-0.39, 0.29) is 5.76 Å². The van der Waals surface area contributed by atoms with Crippen molar-refractivity contribution in [3.05, 3.63) is 11.3 Å². The lowest BCUT2D eigenvalue weighted by Gasteiger charge is -2.28. The van der Waals surface area contributed by atoms with Gasteiger partial charge in [0.15, 0.2) is 0 Å². The average molecular weight is 228 g/mol. The van der Waals surface area contributed by atoms with Crippen LogP contribution in [0.2, 0.25) is 0 Å². The average Bonchev–Trinajstić information content (AvgIpc) is 2.13. The van der Waals surface area contributed by atoms with Crippen LogP contribution in [0.1, 0.15) is 13.8 Å². The molecule has 16 heavy (non-hydrogen) atoms. The van der Waals surface area contributed by atoms with Crippen molar-refractivity contribution in [1.82, 2.24) is 0 Å². The zero-order valence-corrected chi connectivity index (χ0v) is 8.44. The van der Waals surface area contributed by atoms with Crippen LogP contribution in [0.25, 0.3) is 0 Å². The molecule has 1 unspecified atom stereocenters. The molecule has 7 nitrogen and oxygen atoms in total. The molecule has 0 bridgehead atoms. The second kappa shape index (κ2) is 3.44. The Kier molecular flexibility index (Phi) is 2.56. The van der Waals surface area contributed by atoms with E-state index < -0.39 is 34.7 Å². The minimum Gasteiger partial charge on any atom is -0.478 e. The molecule has 2 N–H and O–H groups in total. The smallest absolute Gasteiger partial charge is 0.356 e. The lowest BCUT2D eigenvalue weighted by atomic mass is 9.90. The number of ketones is 2. The van der Waals surface area contributed by atoms with Crippen molar-refractivity contribution in [2.75, 3.05) is 0 Å². The number of rotatable bonds is 2. The van der Waals surface area contributed by atoms with Crippen LogP contribution in [-0.2, 0) is 23.9 Å². The van der Waals surface area contributed by atoms with E-state index in [0.29, 0.717) is 0 Å². The van der Waals surface area contributed by atoms with Crippen LogP contribution in [0.3, 0.4) is 0 Å². The summed E-state index contributed by atoms with van der Waals surface area (Å²) < 4.78 is 4.72. The lowest BCUT2D eigenvalue weighted by Crippen LogP contribution is -2.53. The Morgan fingerprint density at radius 1 is 1.25 bits per heavy atom. The van der Waals surface area contributed by atoms with Crippen LogP contribution in [-0.4, -0.2) is 39.3 Å². The van der Waals surface area contributed by atoms with Gasteiger partial charge in [0, 0.05) is 0 Å². The van der Waals surface area contributed by atoms with Gasteiger partial charge in [-0.05, 0) is 13.8 Å². The van der Waals surface area contributed by atoms with Crippen molar-refractivity contribution < 1.29 is 34.1 Å². The number of allylic oxidation sites excluding steroid dienone is 1. The highest BCUT2D eigenvalue weighted by atomic mass is 16.5. The van der Waals surface area contributed by atoms with E-state index in [1.165, 1.54) is 0 Å². The molecular weight excluding hydrogens is 220 g/mol. The molecule has 0 fully saturated rings. The minimum absolute atomic E-state index is 0.387. The van der Waals surface area contributed by atoms with Crippen LogP contribution >= 0.6 is 0 Å². The van der Waals surface area contributed by atoms with Crippen LogP contribution in [0.4, 0.5) is 0 Å². The third kappa shape index (κ3) is 1.46. The van der Waals surface area contributed by atoms with Gasteiger partial charge in [-0.1, -0.05) is 0 Å². The standard InChI is InChI=1S/C9H8O7/c1-3-4(7(12)13)5(10)6(11)9(2,16-3)8(14)15/h1-2H3,(H,12,13)(H,14,15). The molecule has 86 valence electrons. The summed E-state index contributed by atoms with van der Waals surface area (Å²) >= 11 is 0. The summed E-state index contributed by atoms with van der Waals surface area (Å²) in [6.07, 6.45) is 0. The van der Waals surface area contributed by atoms with Gasteiger partial charge in [0.1, 0.15) is 11.3 Å². The van der Waals surface area contributed by atoms with Crippen molar-refractivity contribution in [2.24, 2.45) is 0 Å². The summed E-state index contributed by atoms with van der Waals surface area (Å²) in [5, 5.41) is 17.4. The number of carbonyl (C=O) groups is 4. The normalized spacial score (nSPS) is 25.4. The summed E-state index contributed by atoms with van der Waals surface area (Å²) in [5.74, 6) is -6.41. The SMILES string of the molecule is CC1=C(C(=O)O)C(=O)C(=O)C(C)(C(=O)O)O1. The maximum absolute atomic E-state index is 11.4. The molecule has 1 aliphatic heterocycles. The minimum atomic E-state index is -2.35. The van der Waals surface area contributed by atoms with Gasteiger partial charge in [0.25, 0.3) is 11.4 Å². The summed E-state index contributed by atoms with van der Waals surface area (Å²) in [7, 11) is 0. The van der Waals surface area contributed by atoms with Crippen molar-refractivity contribution >= 4 is 23.5 Å².